The van der Waals surface area contributed by atoms with E-state index in [9.17, 15) is 4.79 Å². The third-order valence-electron chi connectivity index (χ3n) is 4.79. The number of methoxy groups -OCH3 is 3. The summed E-state index contributed by atoms with van der Waals surface area (Å²) in [6.45, 7) is 2.02. The van der Waals surface area contributed by atoms with Crippen LogP contribution in [0.15, 0.2) is 41.6 Å². The summed E-state index contributed by atoms with van der Waals surface area (Å²) < 4.78 is 17.7. The van der Waals surface area contributed by atoms with Gasteiger partial charge in [-0.05, 0) is 24.6 Å². The molecule has 0 N–H and O–H groups in total. The molecular formula is C21H21N3O4S. The highest BCUT2D eigenvalue weighted by molar-refractivity contribution is 7.99. The predicted octanol–water partition coefficient (Wildman–Crippen LogP) is 4.16. The summed E-state index contributed by atoms with van der Waals surface area (Å²) in [6, 6.07) is 11.7. The fourth-order valence-electron chi connectivity index (χ4n) is 3.25. The number of thioether (sulfide) groups is 1. The van der Waals surface area contributed by atoms with Gasteiger partial charge in [-0.25, -0.2) is 4.98 Å². The summed E-state index contributed by atoms with van der Waals surface area (Å²) in [5, 5.41) is 4.87. The monoisotopic (exact) mass is 411 g/mol. The molecule has 0 fully saturated rings. The van der Waals surface area contributed by atoms with E-state index in [1.165, 1.54) is 16.4 Å². The predicted molar refractivity (Wildman–Crippen MR) is 110 cm³/mol. The average molecular weight is 411 g/mol. The van der Waals surface area contributed by atoms with Gasteiger partial charge < -0.3 is 14.2 Å². The number of benzene rings is 2. The van der Waals surface area contributed by atoms with Crippen LogP contribution in [0.1, 0.15) is 27.6 Å². The van der Waals surface area contributed by atoms with Crippen molar-refractivity contribution in [2.75, 3.05) is 21.3 Å². The molecule has 1 atom stereocenters. The highest BCUT2D eigenvalue weighted by Gasteiger charge is 2.31. The highest BCUT2D eigenvalue weighted by atomic mass is 32.2. The molecule has 7 nitrogen and oxygen atoms in total. The number of aromatic nitrogens is 3. The van der Waals surface area contributed by atoms with Crippen molar-refractivity contribution in [2.45, 2.75) is 23.8 Å². The molecule has 4 rings (SSSR count). The number of aryl methyl sites for hydroxylation is 1. The van der Waals surface area contributed by atoms with E-state index >= 15 is 0 Å². The number of fused-ring (bicyclic) bond motifs is 1. The molecule has 1 aromatic heterocycles. The Hall–Kier alpha value is -3.00. The Kier molecular flexibility index (Phi) is 5.19. The van der Waals surface area contributed by atoms with E-state index in [-0.39, 0.29) is 11.2 Å². The first-order valence-electron chi connectivity index (χ1n) is 9.08. The molecule has 1 aliphatic rings. The lowest BCUT2D eigenvalue weighted by Crippen LogP contribution is -2.21. The van der Waals surface area contributed by atoms with Gasteiger partial charge in [0.15, 0.2) is 22.5 Å². The Morgan fingerprint density at radius 3 is 2.28 bits per heavy atom. The minimum Gasteiger partial charge on any atom is -0.493 e. The van der Waals surface area contributed by atoms with Gasteiger partial charge in [0.2, 0.25) is 5.75 Å². The molecule has 2 heterocycles. The molecule has 3 aromatic rings. The number of carbonyl (C=O) groups is 1. The fourth-order valence-corrected chi connectivity index (χ4v) is 4.38. The number of carbonyl (C=O) groups excluding carboxylic acids is 1. The van der Waals surface area contributed by atoms with Gasteiger partial charge in [-0.1, -0.05) is 41.6 Å². The summed E-state index contributed by atoms with van der Waals surface area (Å²) in [5.74, 6) is 2.09. The van der Waals surface area contributed by atoms with Crippen molar-refractivity contribution in [3.8, 4) is 28.6 Å². The molecule has 29 heavy (non-hydrogen) atoms. The van der Waals surface area contributed by atoms with Crippen LogP contribution in [0.25, 0.3) is 11.4 Å². The van der Waals surface area contributed by atoms with Gasteiger partial charge in [0.25, 0.3) is 5.91 Å². The lowest BCUT2D eigenvalue weighted by atomic mass is 10.1. The molecule has 0 aliphatic carbocycles. The van der Waals surface area contributed by atoms with Gasteiger partial charge in [0, 0.05) is 17.2 Å². The fraction of sp³-hybridized carbons (Fsp3) is 0.286. The van der Waals surface area contributed by atoms with E-state index in [1.807, 2.05) is 43.3 Å². The third kappa shape index (κ3) is 3.55. The molecule has 0 unspecified atom stereocenters. The molecule has 8 heteroatoms. The second-order valence-corrected chi connectivity index (χ2v) is 7.83. The number of nitrogens with zero attached hydrogens (tertiary/aromatic N) is 3. The topological polar surface area (TPSA) is 75.5 Å². The summed E-state index contributed by atoms with van der Waals surface area (Å²) >= 11 is 1.50. The van der Waals surface area contributed by atoms with Crippen LogP contribution in [0.4, 0.5) is 0 Å². The molecule has 0 amide bonds. The minimum atomic E-state index is -0.126. The smallest absolute Gasteiger partial charge is 0.250 e. The average Bonchev–Trinajstić information content (AvgIpc) is 3.18. The van der Waals surface area contributed by atoms with Crippen LogP contribution in [0.5, 0.6) is 17.2 Å². The van der Waals surface area contributed by atoms with Crippen molar-refractivity contribution in [1.29, 1.82) is 0 Å². The Balaban J connectivity index is 1.69. The molecule has 0 spiro atoms. The molecule has 2 aromatic carbocycles. The van der Waals surface area contributed by atoms with Gasteiger partial charge >= 0.3 is 0 Å². The van der Waals surface area contributed by atoms with Gasteiger partial charge in [-0.3, -0.25) is 4.79 Å². The minimum absolute atomic E-state index is 0.0941. The summed E-state index contributed by atoms with van der Waals surface area (Å²) in [7, 11) is 4.71. The quantitative estimate of drug-likeness (QED) is 0.624. The second-order valence-electron chi connectivity index (χ2n) is 6.66. The second kappa shape index (κ2) is 7.79. The Labute approximate surface area is 173 Å². The summed E-state index contributed by atoms with van der Waals surface area (Å²) in [5.41, 5.74) is 2.95. The van der Waals surface area contributed by atoms with Crippen molar-refractivity contribution in [3.63, 3.8) is 0 Å². The van der Waals surface area contributed by atoms with Gasteiger partial charge in [0.1, 0.15) is 0 Å². The highest BCUT2D eigenvalue weighted by Crippen LogP contribution is 2.46. The summed E-state index contributed by atoms with van der Waals surface area (Å²) in [6.07, 6.45) is 0.299. The zero-order chi connectivity index (χ0) is 20.5. The first-order valence-corrected chi connectivity index (χ1v) is 9.96. The number of hydrogen-bond donors (Lipinski definition) is 0. The van der Waals surface area contributed by atoms with Crippen LogP contribution in [-0.2, 0) is 0 Å². The number of hydrogen-bond acceptors (Lipinski definition) is 7. The Bertz CT molecular complexity index is 1040. The van der Waals surface area contributed by atoms with E-state index in [0.717, 1.165) is 16.7 Å². The standard InChI is InChI=1S/C21H21N3O4S/c1-12-5-7-13(8-6-12)20-22-21-24(23-20)18(25)11-17(29-21)14-9-15(26-2)19(28-4)16(10-14)27-3/h5-10,17H,11H2,1-4H3/t17-/m1/s1. The van der Waals surface area contributed by atoms with Crippen molar-refractivity contribution in [2.24, 2.45) is 0 Å². The maximum atomic E-state index is 12.8. The van der Waals surface area contributed by atoms with Crippen molar-refractivity contribution >= 4 is 17.7 Å². The first kappa shape index (κ1) is 19.3. The zero-order valence-electron chi connectivity index (χ0n) is 16.6. The molecule has 0 saturated carbocycles. The molecule has 0 bridgehead atoms. The first-order chi connectivity index (χ1) is 14.0. The third-order valence-corrected chi connectivity index (χ3v) is 5.99. The number of rotatable bonds is 5. The van der Waals surface area contributed by atoms with Crippen molar-refractivity contribution in [3.05, 3.63) is 47.5 Å². The van der Waals surface area contributed by atoms with Crippen LogP contribution >= 0.6 is 11.8 Å². The van der Waals surface area contributed by atoms with E-state index in [0.29, 0.717) is 34.7 Å². The molecule has 0 saturated heterocycles. The maximum absolute atomic E-state index is 12.8. The van der Waals surface area contributed by atoms with Gasteiger partial charge in [-0.15, -0.1) is 5.10 Å². The number of ether oxygens (including phenoxy) is 3. The van der Waals surface area contributed by atoms with Gasteiger partial charge in [0.05, 0.1) is 21.3 Å². The maximum Gasteiger partial charge on any atom is 0.250 e. The summed E-state index contributed by atoms with van der Waals surface area (Å²) in [4.78, 5) is 17.4. The molecule has 150 valence electrons. The molecule has 1 aliphatic heterocycles. The lowest BCUT2D eigenvalue weighted by molar-refractivity contribution is 0.0868. The Morgan fingerprint density at radius 1 is 1.03 bits per heavy atom. The Morgan fingerprint density at radius 2 is 1.69 bits per heavy atom. The van der Waals surface area contributed by atoms with Crippen LogP contribution in [0.2, 0.25) is 0 Å². The normalized spacial score (nSPS) is 15.7. The largest absolute Gasteiger partial charge is 0.493 e. The van der Waals surface area contributed by atoms with Crippen LogP contribution in [0, 0.1) is 6.92 Å². The van der Waals surface area contributed by atoms with Crippen molar-refractivity contribution in [1.82, 2.24) is 14.8 Å². The van der Waals surface area contributed by atoms with Crippen molar-refractivity contribution < 1.29 is 19.0 Å². The van der Waals surface area contributed by atoms with E-state index in [2.05, 4.69) is 10.1 Å². The van der Waals surface area contributed by atoms with Crippen LogP contribution in [0.3, 0.4) is 0 Å². The molecule has 0 radical (unpaired) electrons. The van der Waals surface area contributed by atoms with Crippen LogP contribution < -0.4 is 14.2 Å². The zero-order valence-corrected chi connectivity index (χ0v) is 17.4. The van der Waals surface area contributed by atoms with E-state index in [1.54, 1.807) is 21.3 Å². The van der Waals surface area contributed by atoms with E-state index in [4.69, 9.17) is 14.2 Å². The lowest BCUT2D eigenvalue weighted by Gasteiger charge is -2.22. The van der Waals surface area contributed by atoms with Crippen LogP contribution in [-0.4, -0.2) is 42.0 Å². The van der Waals surface area contributed by atoms with E-state index < -0.39 is 0 Å². The van der Waals surface area contributed by atoms with Gasteiger partial charge in [-0.2, -0.15) is 4.68 Å². The SMILES string of the molecule is COc1cc([C@H]2CC(=O)n3nc(-c4ccc(C)cc4)nc3S2)cc(OC)c1OC. The molecular weight excluding hydrogens is 390 g/mol.